The minimum Gasteiger partial charge on any atom is -0.311 e. The van der Waals surface area contributed by atoms with E-state index < -0.39 is 0 Å². The van der Waals surface area contributed by atoms with Gasteiger partial charge in [-0.25, -0.2) is 0 Å². The van der Waals surface area contributed by atoms with Crippen LogP contribution >= 0.6 is 0 Å². The first-order valence-electron chi connectivity index (χ1n) is 6.97. The third kappa shape index (κ3) is 3.17. The average molecular weight is 282 g/mol. The Morgan fingerprint density at radius 2 is 2.00 bits per heavy atom. The lowest BCUT2D eigenvalue weighted by atomic mass is 10.1. The number of aromatic amines is 1. The Labute approximate surface area is 123 Å². The zero-order valence-electron chi connectivity index (χ0n) is 12.0. The fraction of sp³-hybridized carbons (Fsp3) is 0.267. The van der Waals surface area contributed by atoms with Crippen molar-refractivity contribution in [3.05, 3.63) is 54.0 Å². The number of nitrogens with one attached hydrogen (secondary N) is 2. The molecule has 0 aliphatic rings. The summed E-state index contributed by atoms with van der Waals surface area (Å²) in [6, 6.07) is 12.1. The third-order valence-corrected chi connectivity index (χ3v) is 3.44. The van der Waals surface area contributed by atoms with Gasteiger partial charge in [0, 0.05) is 44.0 Å². The van der Waals surface area contributed by atoms with Crippen LogP contribution in [-0.4, -0.2) is 31.7 Å². The van der Waals surface area contributed by atoms with E-state index in [0.717, 1.165) is 29.9 Å². The summed E-state index contributed by atoms with van der Waals surface area (Å²) in [5, 5.41) is 18.7. The fourth-order valence-electron chi connectivity index (χ4n) is 2.27. The molecule has 6 nitrogen and oxygen atoms in total. The van der Waals surface area contributed by atoms with Gasteiger partial charge in [0.05, 0.1) is 0 Å². The highest BCUT2D eigenvalue weighted by Gasteiger charge is 2.09. The predicted molar refractivity (Wildman–Crippen MR) is 80.4 cm³/mol. The van der Waals surface area contributed by atoms with Gasteiger partial charge in [-0.15, -0.1) is 0 Å². The number of nitrogens with zero attached hydrogens (tertiary/aromatic N) is 4. The van der Waals surface area contributed by atoms with Crippen LogP contribution in [0.5, 0.6) is 0 Å². The van der Waals surface area contributed by atoms with Gasteiger partial charge in [-0.05, 0) is 6.07 Å². The maximum absolute atomic E-state index is 4.24. The summed E-state index contributed by atoms with van der Waals surface area (Å²) in [4.78, 5) is 0. The molecule has 0 spiro atoms. The first-order chi connectivity index (χ1) is 10.3. The van der Waals surface area contributed by atoms with Crippen LogP contribution in [0.15, 0.2) is 42.6 Å². The number of rotatable bonds is 6. The SMILES string of the molecule is Cn1nccc1CCNCc1n[nH]nc1-c1ccccc1. The van der Waals surface area contributed by atoms with E-state index >= 15 is 0 Å². The Balaban J connectivity index is 1.57. The highest BCUT2D eigenvalue weighted by molar-refractivity contribution is 5.60. The molecule has 2 aromatic heterocycles. The molecule has 0 amide bonds. The highest BCUT2D eigenvalue weighted by Crippen LogP contribution is 2.18. The monoisotopic (exact) mass is 282 g/mol. The van der Waals surface area contributed by atoms with Crippen LogP contribution in [0.3, 0.4) is 0 Å². The molecule has 3 aromatic rings. The van der Waals surface area contributed by atoms with Gasteiger partial charge in [0.1, 0.15) is 11.4 Å². The highest BCUT2D eigenvalue weighted by atomic mass is 15.3. The van der Waals surface area contributed by atoms with Gasteiger partial charge in [-0.2, -0.15) is 20.5 Å². The number of hydrogen-bond donors (Lipinski definition) is 2. The molecule has 0 atom stereocenters. The zero-order chi connectivity index (χ0) is 14.5. The van der Waals surface area contributed by atoms with E-state index in [1.54, 1.807) is 0 Å². The van der Waals surface area contributed by atoms with Crippen molar-refractivity contribution in [2.45, 2.75) is 13.0 Å². The summed E-state index contributed by atoms with van der Waals surface area (Å²) >= 11 is 0. The van der Waals surface area contributed by atoms with E-state index in [9.17, 15) is 0 Å². The molecule has 0 aliphatic carbocycles. The van der Waals surface area contributed by atoms with Crippen LogP contribution in [0.2, 0.25) is 0 Å². The van der Waals surface area contributed by atoms with E-state index in [2.05, 4.69) is 25.8 Å². The number of aryl methyl sites for hydroxylation is 1. The zero-order valence-corrected chi connectivity index (χ0v) is 12.0. The molecule has 0 radical (unpaired) electrons. The molecule has 6 heteroatoms. The van der Waals surface area contributed by atoms with E-state index in [4.69, 9.17) is 0 Å². The first-order valence-corrected chi connectivity index (χ1v) is 6.97. The van der Waals surface area contributed by atoms with E-state index in [1.165, 1.54) is 5.69 Å². The standard InChI is InChI=1S/C15H18N6/c1-21-13(8-10-17-21)7-9-16-11-14-15(19-20-18-14)12-5-3-2-4-6-12/h2-6,8,10,16H,7,9,11H2,1H3,(H,18,19,20). The Morgan fingerprint density at radius 3 is 2.76 bits per heavy atom. The van der Waals surface area contributed by atoms with Crippen molar-refractivity contribution in [3.63, 3.8) is 0 Å². The Hall–Kier alpha value is -2.47. The van der Waals surface area contributed by atoms with Crippen molar-refractivity contribution in [3.8, 4) is 11.3 Å². The van der Waals surface area contributed by atoms with Gasteiger partial charge in [-0.1, -0.05) is 30.3 Å². The summed E-state index contributed by atoms with van der Waals surface area (Å²) in [5.74, 6) is 0. The summed E-state index contributed by atoms with van der Waals surface area (Å²) < 4.78 is 1.90. The van der Waals surface area contributed by atoms with Gasteiger partial charge in [-0.3, -0.25) is 4.68 Å². The van der Waals surface area contributed by atoms with Crippen LogP contribution in [0.4, 0.5) is 0 Å². The molecule has 0 unspecified atom stereocenters. The van der Waals surface area contributed by atoms with Crippen LogP contribution in [0, 0.1) is 0 Å². The molecule has 0 aliphatic heterocycles. The summed E-state index contributed by atoms with van der Waals surface area (Å²) in [6.45, 7) is 1.57. The minimum atomic E-state index is 0.693. The molecule has 0 fully saturated rings. The van der Waals surface area contributed by atoms with Gasteiger partial charge in [0.15, 0.2) is 0 Å². The van der Waals surface area contributed by atoms with Gasteiger partial charge < -0.3 is 5.32 Å². The lowest BCUT2D eigenvalue weighted by Gasteiger charge is -2.05. The van der Waals surface area contributed by atoms with Crippen molar-refractivity contribution in [2.75, 3.05) is 6.54 Å². The molecule has 2 N–H and O–H groups in total. The second-order valence-corrected chi connectivity index (χ2v) is 4.86. The number of benzene rings is 1. The first kappa shape index (κ1) is 13.5. The van der Waals surface area contributed by atoms with Crippen molar-refractivity contribution in [2.24, 2.45) is 7.05 Å². The van der Waals surface area contributed by atoms with E-state index in [-0.39, 0.29) is 0 Å². The number of H-pyrrole nitrogens is 1. The summed E-state index contributed by atoms with van der Waals surface area (Å²) in [6.07, 6.45) is 2.76. The quantitative estimate of drug-likeness (QED) is 0.673. The molecular weight excluding hydrogens is 264 g/mol. The third-order valence-electron chi connectivity index (χ3n) is 3.44. The normalized spacial score (nSPS) is 10.9. The largest absolute Gasteiger partial charge is 0.311 e. The second-order valence-electron chi connectivity index (χ2n) is 4.86. The predicted octanol–water partition coefficient (Wildman–Crippen LogP) is 1.54. The summed E-state index contributed by atoms with van der Waals surface area (Å²) in [7, 11) is 1.96. The van der Waals surface area contributed by atoms with Crippen LogP contribution in [0.25, 0.3) is 11.3 Å². The molecule has 0 bridgehead atoms. The minimum absolute atomic E-state index is 0.693. The van der Waals surface area contributed by atoms with Crippen LogP contribution < -0.4 is 5.32 Å². The van der Waals surface area contributed by atoms with Gasteiger partial charge >= 0.3 is 0 Å². The van der Waals surface area contributed by atoms with Crippen molar-refractivity contribution in [1.29, 1.82) is 0 Å². The molecular formula is C15H18N6. The van der Waals surface area contributed by atoms with E-state index in [1.807, 2.05) is 54.3 Å². The van der Waals surface area contributed by atoms with E-state index in [0.29, 0.717) is 6.54 Å². The van der Waals surface area contributed by atoms with Crippen molar-refractivity contribution in [1.82, 2.24) is 30.5 Å². The molecule has 21 heavy (non-hydrogen) atoms. The Kier molecular flexibility index (Phi) is 4.07. The smallest absolute Gasteiger partial charge is 0.117 e. The topological polar surface area (TPSA) is 71.4 Å². The fourth-order valence-corrected chi connectivity index (χ4v) is 2.27. The molecule has 1 aromatic carbocycles. The second kappa shape index (κ2) is 6.32. The lowest BCUT2D eigenvalue weighted by molar-refractivity contribution is 0.636. The number of hydrogen-bond acceptors (Lipinski definition) is 4. The van der Waals surface area contributed by atoms with Crippen LogP contribution in [0.1, 0.15) is 11.4 Å². The molecule has 2 heterocycles. The molecule has 0 saturated carbocycles. The van der Waals surface area contributed by atoms with Gasteiger partial charge in [0.2, 0.25) is 0 Å². The molecule has 0 saturated heterocycles. The molecule has 108 valence electrons. The van der Waals surface area contributed by atoms with Crippen molar-refractivity contribution >= 4 is 0 Å². The number of aromatic nitrogens is 5. The van der Waals surface area contributed by atoms with Crippen LogP contribution in [-0.2, 0) is 20.0 Å². The molecule has 3 rings (SSSR count). The Bertz CT molecular complexity index is 685. The summed E-state index contributed by atoms with van der Waals surface area (Å²) in [5.41, 5.74) is 4.13. The van der Waals surface area contributed by atoms with Gasteiger partial charge in [0.25, 0.3) is 0 Å². The average Bonchev–Trinajstić information content (AvgIpc) is 3.14. The maximum Gasteiger partial charge on any atom is 0.117 e. The Morgan fingerprint density at radius 1 is 1.14 bits per heavy atom. The lowest BCUT2D eigenvalue weighted by Crippen LogP contribution is -2.18. The maximum atomic E-state index is 4.24. The van der Waals surface area contributed by atoms with Crippen molar-refractivity contribution < 1.29 is 0 Å².